The molecule has 3 rings (SSSR count). The average molecular weight is 564 g/mol. The third kappa shape index (κ3) is 9.63. The van der Waals surface area contributed by atoms with Gasteiger partial charge in [0.05, 0.1) is 12.3 Å². The number of likely N-dealkylation sites (tertiary alicyclic amines) is 1. The Bertz CT molecular complexity index is 771. The number of aliphatic imine (C=N–C) groups is 1. The first-order valence-corrected chi connectivity index (χ1v) is 13.0. The topological polar surface area (TPSA) is 85.8 Å². The number of hydrogen-bond donors (Lipinski definition) is 3. The second-order valence-electron chi connectivity index (χ2n) is 8.43. The third-order valence-corrected chi connectivity index (χ3v) is 7.21. The van der Waals surface area contributed by atoms with Gasteiger partial charge in [0.2, 0.25) is 10.0 Å². The van der Waals surface area contributed by atoms with E-state index in [1.165, 1.54) is 12.0 Å². The van der Waals surface area contributed by atoms with Crippen LogP contribution in [0, 0.1) is 5.92 Å². The molecule has 0 aromatic heterocycles. The molecule has 1 aromatic rings. The highest BCUT2D eigenvalue weighted by Gasteiger charge is 2.22. The molecule has 1 saturated carbocycles. The summed E-state index contributed by atoms with van der Waals surface area (Å²) >= 11 is 0. The zero-order chi connectivity index (χ0) is 21.2. The first kappa shape index (κ1) is 26.3. The molecular weight excluding hydrogens is 525 g/mol. The van der Waals surface area contributed by atoms with Crippen LogP contribution >= 0.6 is 24.0 Å². The van der Waals surface area contributed by atoms with Crippen LogP contribution in [-0.2, 0) is 16.6 Å². The van der Waals surface area contributed by atoms with E-state index in [9.17, 15) is 8.42 Å². The van der Waals surface area contributed by atoms with Gasteiger partial charge in [-0.05, 0) is 50.6 Å². The second-order valence-corrected chi connectivity index (χ2v) is 10.4. The van der Waals surface area contributed by atoms with E-state index in [1.807, 2.05) is 13.0 Å². The molecule has 0 spiro atoms. The van der Waals surface area contributed by atoms with Crippen LogP contribution in [0.4, 0.5) is 0 Å². The Balaban J connectivity index is 0.00000341. The Labute approximate surface area is 204 Å². The number of nitrogens with zero attached hydrogens (tertiary/aromatic N) is 2. The third-order valence-electron chi connectivity index (χ3n) is 5.89. The van der Waals surface area contributed by atoms with Crippen molar-refractivity contribution in [1.82, 2.24) is 20.3 Å². The summed E-state index contributed by atoms with van der Waals surface area (Å²) in [5, 5.41) is 6.76. The molecule has 1 atom stereocenters. The van der Waals surface area contributed by atoms with Crippen LogP contribution in [0.3, 0.4) is 0 Å². The lowest BCUT2D eigenvalue weighted by Crippen LogP contribution is -2.51. The molecule has 1 saturated heterocycles. The van der Waals surface area contributed by atoms with Crippen molar-refractivity contribution in [2.24, 2.45) is 10.9 Å². The van der Waals surface area contributed by atoms with Crippen LogP contribution in [0.1, 0.15) is 44.6 Å². The largest absolute Gasteiger partial charge is 0.357 e. The molecule has 0 radical (unpaired) electrons. The van der Waals surface area contributed by atoms with Gasteiger partial charge in [-0.1, -0.05) is 36.8 Å². The van der Waals surface area contributed by atoms with Crippen molar-refractivity contribution < 1.29 is 8.42 Å². The van der Waals surface area contributed by atoms with Crippen LogP contribution in [0.25, 0.3) is 0 Å². The number of nitrogens with one attached hydrogen (secondary N) is 3. The van der Waals surface area contributed by atoms with Crippen molar-refractivity contribution in [3.05, 3.63) is 35.9 Å². The zero-order valence-corrected chi connectivity index (χ0v) is 21.7. The van der Waals surface area contributed by atoms with Crippen LogP contribution < -0.4 is 15.4 Å². The molecule has 1 unspecified atom stereocenters. The summed E-state index contributed by atoms with van der Waals surface area (Å²) in [6.45, 7) is 6.62. The highest BCUT2D eigenvalue weighted by Crippen LogP contribution is 2.25. The monoisotopic (exact) mass is 563 g/mol. The second kappa shape index (κ2) is 13.6. The summed E-state index contributed by atoms with van der Waals surface area (Å²) in [6.07, 6.45) is 5.73. The van der Waals surface area contributed by atoms with Gasteiger partial charge in [-0.15, -0.1) is 24.0 Å². The van der Waals surface area contributed by atoms with Gasteiger partial charge in [-0.3, -0.25) is 9.89 Å². The van der Waals surface area contributed by atoms with E-state index in [2.05, 4.69) is 49.5 Å². The van der Waals surface area contributed by atoms with E-state index in [-0.39, 0.29) is 36.3 Å². The van der Waals surface area contributed by atoms with Crippen molar-refractivity contribution in [1.29, 1.82) is 0 Å². The molecular formula is C22H38IN5O2S. The summed E-state index contributed by atoms with van der Waals surface area (Å²) in [4.78, 5) is 6.99. The van der Waals surface area contributed by atoms with E-state index >= 15 is 0 Å². The van der Waals surface area contributed by atoms with Crippen LogP contribution in [0.15, 0.2) is 35.3 Å². The maximum atomic E-state index is 12.2. The number of sulfonamides is 1. The van der Waals surface area contributed by atoms with Gasteiger partial charge in [0.15, 0.2) is 5.96 Å². The molecule has 31 heavy (non-hydrogen) atoms. The lowest BCUT2D eigenvalue weighted by molar-refractivity contribution is 0.192. The number of benzene rings is 1. The van der Waals surface area contributed by atoms with E-state index in [1.54, 1.807) is 0 Å². The summed E-state index contributed by atoms with van der Waals surface area (Å²) in [5.74, 6) is 1.26. The molecule has 9 heteroatoms. The maximum absolute atomic E-state index is 12.2. The Hall–Kier alpha value is -0.910. The van der Waals surface area contributed by atoms with E-state index in [4.69, 9.17) is 0 Å². The smallest absolute Gasteiger partial charge is 0.213 e. The molecule has 3 N–H and O–H groups in total. The van der Waals surface area contributed by atoms with Crippen molar-refractivity contribution in [2.75, 3.05) is 38.5 Å². The Morgan fingerprint density at radius 3 is 2.61 bits per heavy atom. The minimum atomic E-state index is -3.26. The number of guanidine groups is 1. The molecule has 0 bridgehead atoms. The fraction of sp³-hybridized carbons (Fsp3) is 0.682. The van der Waals surface area contributed by atoms with E-state index in [0.29, 0.717) is 24.5 Å². The van der Waals surface area contributed by atoms with Gasteiger partial charge in [-0.2, -0.15) is 0 Å². The predicted octanol–water partition coefficient (Wildman–Crippen LogP) is 2.54. The standard InChI is InChI=1S/C22H37N5O2S.HI/c1-2-23-22(24-13-15-30(28,29)25-16-19-10-6-11-19)26-21-12-7-14-27(18-21)17-20-8-4-3-5-9-20;/h3-5,8-9,19,21,25H,2,6-7,10-18H2,1H3,(H2,23,24,26);1H. The fourth-order valence-electron chi connectivity index (χ4n) is 3.96. The minimum absolute atomic E-state index is 0. The highest BCUT2D eigenvalue weighted by atomic mass is 127. The summed E-state index contributed by atoms with van der Waals surface area (Å²) in [6, 6.07) is 10.9. The summed E-state index contributed by atoms with van der Waals surface area (Å²) < 4.78 is 27.1. The average Bonchev–Trinajstić information content (AvgIpc) is 2.68. The SMILES string of the molecule is CCNC(=NCCS(=O)(=O)NCC1CCC1)NC1CCCN(Cc2ccccc2)C1.I. The van der Waals surface area contributed by atoms with Gasteiger partial charge in [0.1, 0.15) is 0 Å². The fourth-order valence-corrected chi connectivity index (χ4v) is 4.93. The molecule has 176 valence electrons. The quantitative estimate of drug-likeness (QED) is 0.232. The highest BCUT2D eigenvalue weighted by molar-refractivity contribution is 14.0. The molecule has 1 aliphatic carbocycles. The molecule has 2 aliphatic rings. The normalized spacial score (nSPS) is 20.5. The first-order chi connectivity index (χ1) is 14.5. The number of halogens is 1. The molecule has 0 amide bonds. The van der Waals surface area contributed by atoms with Crippen molar-refractivity contribution >= 4 is 40.0 Å². The van der Waals surface area contributed by atoms with Crippen molar-refractivity contribution in [2.45, 2.75) is 51.6 Å². The lowest BCUT2D eigenvalue weighted by atomic mass is 9.86. The van der Waals surface area contributed by atoms with Crippen LogP contribution in [0.2, 0.25) is 0 Å². The molecule has 2 fully saturated rings. The van der Waals surface area contributed by atoms with Gasteiger partial charge < -0.3 is 10.6 Å². The molecule has 7 nitrogen and oxygen atoms in total. The molecule has 1 aliphatic heterocycles. The zero-order valence-electron chi connectivity index (χ0n) is 18.6. The summed E-state index contributed by atoms with van der Waals surface area (Å²) in [5.41, 5.74) is 1.33. The first-order valence-electron chi connectivity index (χ1n) is 11.3. The Morgan fingerprint density at radius 2 is 1.94 bits per heavy atom. The predicted molar refractivity (Wildman–Crippen MR) is 138 cm³/mol. The number of piperidine rings is 1. The lowest BCUT2D eigenvalue weighted by Gasteiger charge is -2.34. The van der Waals surface area contributed by atoms with Crippen LogP contribution in [-0.4, -0.2) is 63.8 Å². The Kier molecular flexibility index (Phi) is 11.6. The molecule has 1 heterocycles. The van der Waals surface area contributed by atoms with Gasteiger partial charge >= 0.3 is 0 Å². The van der Waals surface area contributed by atoms with Crippen LogP contribution in [0.5, 0.6) is 0 Å². The maximum Gasteiger partial charge on any atom is 0.213 e. The van der Waals surface area contributed by atoms with E-state index < -0.39 is 10.0 Å². The van der Waals surface area contributed by atoms with Gasteiger partial charge in [0, 0.05) is 32.2 Å². The number of hydrogen-bond acceptors (Lipinski definition) is 4. The van der Waals surface area contributed by atoms with E-state index in [0.717, 1.165) is 51.9 Å². The van der Waals surface area contributed by atoms with Gasteiger partial charge in [0.25, 0.3) is 0 Å². The molecule has 1 aromatic carbocycles. The van der Waals surface area contributed by atoms with Crippen molar-refractivity contribution in [3.63, 3.8) is 0 Å². The minimum Gasteiger partial charge on any atom is -0.357 e. The van der Waals surface area contributed by atoms with Gasteiger partial charge in [-0.25, -0.2) is 13.1 Å². The number of rotatable bonds is 10. The van der Waals surface area contributed by atoms with Crippen molar-refractivity contribution in [3.8, 4) is 0 Å². The summed E-state index contributed by atoms with van der Waals surface area (Å²) in [7, 11) is -3.26. The Morgan fingerprint density at radius 1 is 1.16 bits per heavy atom.